The maximum atomic E-state index is 11.8. The molecule has 1 aromatic heterocycles. The average Bonchev–Trinajstić information content (AvgIpc) is 2.77. The lowest BCUT2D eigenvalue weighted by Crippen LogP contribution is -2.48. The summed E-state index contributed by atoms with van der Waals surface area (Å²) in [5.41, 5.74) is -0.179. The van der Waals surface area contributed by atoms with Crippen molar-refractivity contribution >= 4 is 17.4 Å². The van der Waals surface area contributed by atoms with Gasteiger partial charge in [0.15, 0.2) is 0 Å². The Morgan fingerprint density at radius 1 is 1.63 bits per heavy atom. The Morgan fingerprint density at radius 3 is 2.89 bits per heavy atom. The smallest absolute Gasteiger partial charge is 0.315 e. The van der Waals surface area contributed by atoms with Gasteiger partial charge in [-0.2, -0.15) is 11.3 Å². The average molecular weight is 282 g/mol. The van der Waals surface area contributed by atoms with Crippen LogP contribution in [0.2, 0.25) is 0 Å². The zero-order valence-electron chi connectivity index (χ0n) is 11.5. The number of amides is 2. The predicted molar refractivity (Wildman–Crippen MR) is 77.2 cm³/mol. The van der Waals surface area contributed by atoms with E-state index < -0.39 is 5.60 Å². The molecule has 1 aromatic rings. The Kier molecular flexibility index (Phi) is 4.47. The Labute approximate surface area is 118 Å². The Morgan fingerprint density at radius 2 is 2.37 bits per heavy atom. The van der Waals surface area contributed by atoms with E-state index in [1.807, 2.05) is 23.8 Å². The predicted octanol–water partition coefficient (Wildman–Crippen LogP) is 2.44. The van der Waals surface area contributed by atoms with Crippen LogP contribution in [0.5, 0.6) is 0 Å². The van der Waals surface area contributed by atoms with E-state index >= 15 is 0 Å². The van der Waals surface area contributed by atoms with Gasteiger partial charge in [0.25, 0.3) is 0 Å². The first-order valence-corrected chi connectivity index (χ1v) is 7.73. The van der Waals surface area contributed by atoms with E-state index in [9.17, 15) is 9.90 Å². The number of urea groups is 1. The first-order chi connectivity index (χ1) is 8.99. The quantitative estimate of drug-likeness (QED) is 0.777. The number of aliphatic hydroxyl groups is 1. The van der Waals surface area contributed by atoms with Crippen LogP contribution in [0.3, 0.4) is 0 Å². The molecule has 4 nitrogen and oxygen atoms in total. The van der Waals surface area contributed by atoms with Crippen molar-refractivity contribution in [2.24, 2.45) is 5.92 Å². The zero-order chi connectivity index (χ0) is 13.9. The van der Waals surface area contributed by atoms with Crippen LogP contribution in [-0.4, -0.2) is 23.7 Å². The first kappa shape index (κ1) is 14.3. The van der Waals surface area contributed by atoms with Gasteiger partial charge >= 0.3 is 6.03 Å². The number of hydrogen-bond donors (Lipinski definition) is 3. The van der Waals surface area contributed by atoms with Crippen molar-refractivity contribution in [2.75, 3.05) is 6.54 Å². The monoisotopic (exact) mass is 282 g/mol. The lowest BCUT2D eigenvalue weighted by molar-refractivity contribution is 0.0595. The van der Waals surface area contributed by atoms with Gasteiger partial charge in [-0.3, -0.25) is 0 Å². The van der Waals surface area contributed by atoms with Crippen molar-refractivity contribution in [3.8, 4) is 0 Å². The molecule has 106 valence electrons. The van der Waals surface area contributed by atoms with Gasteiger partial charge in [-0.15, -0.1) is 0 Å². The molecule has 0 aromatic carbocycles. The summed E-state index contributed by atoms with van der Waals surface area (Å²) in [5.74, 6) is 0.614. The van der Waals surface area contributed by atoms with Gasteiger partial charge in [0.05, 0.1) is 6.54 Å². The molecule has 2 atom stereocenters. The molecule has 5 heteroatoms. The van der Waals surface area contributed by atoms with E-state index in [-0.39, 0.29) is 18.6 Å². The van der Waals surface area contributed by atoms with E-state index in [0.717, 1.165) is 5.56 Å². The van der Waals surface area contributed by atoms with Crippen LogP contribution < -0.4 is 10.6 Å². The van der Waals surface area contributed by atoms with Gasteiger partial charge in [-0.05, 0) is 55.0 Å². The summed E-state index contributed by atoms with van der Waals surface area (Å²) in [6, 6.07) is 1.89. The topological polar surface area (TPSA) is 61.4 Å². The number of thiophene rings is 1. The summed E-state index contributed by atoms with van der Waals surface area (Å²) in [5, 5.41) is 19.8. The van der Waals surface area contributed by atoms with E-state index in [0.29, 0.717) is 5.92 Å². The molecule has 2 amide bonds. The Balaban J connectivity index is 1.76. The number of hydrogen-bond acceptors (Lipinski definition) is 3. The second kappa shape index (κ2) is 5.92. The standard InChI is InChI=1S/C14H22N2O2S/c1-10(11-4-3-5-11)16-13(17)15-9-14(2,18)12-6-7-19-8-12/h6-8,10-11,18H,3-5,9H2,1-2H3,(H2,15,16,17). The molecule has 0 saturated heterocycles. The number of nitrogens with one attached hydrogen (secondary N) is 2. The third kappa shape index (κ3) is 3.70. The van der Waals surface area contributed by atoms with Crippen molar-refractivity contribution in [2.45, 2.75) is 44.8 Å². The molecule has 1 aliphatic carbocycles. The van der Waals surface area contributed by atoms with Crippen LogP contribution >= 0.6 is 11.3 Å². The maximum absolute atomic E-state index is 11.8. The molecule has 0 spiro atoms. The molecule has 1 saturated carbocycles. The summed E-state index contributed by atoms with van der Waals surface area (Å²) in [6.45, 7) is 3.97. The minimum Gasteiger partial charge on any atom is -0.384 e. The first-order valence-electron chi connectivity index (χ1n) is 6.78. The van der Waals surface area contributed by atoms with Gasteiger partial charge in [0, 0.05) is 6.04 Å². The minimum atomic E-state index is -1.02. The highest BCUT2D eigenvalue weighted by atomic mass is 32.1. The summed E-state index contributed by atoms with van der Waals surface area (Å²) >= 11 is 1.54. The largest absolute Gasteiger partial charge is 0.384 e. The van der Waals surface area contributed by atoms with Gasteiger partial charge in [0.2, 0.25) is 0 Å². The van der Waals surface area contributed by atoms with E-state index in [1.54, 1.807) is 6.92 Å². The summed E-state index contributed by atoms with van der Waals surface area (Å²) < 4.78 is 0. The Hall–Kier alpha value is -1.07. The van der Waals surface area contributed by atoms with Gasteiger partial charge < -0.3 is 15.7 Å². The van der Waals surface area contributed by atoms with Crippen molar-refractivity contribution < 1.29 is 9.90 Å². The SMILES string of the molecule is CC(NC(=O)NCC(C)(O)c1ccsc1)C1CCC1. The molecule has 0 bridgehead atoms. The number of rotatable bonds is 5. The third-order valence-electron chi connectivity index (χ3n) is 3.95. The van der Waals surface area contributed by atoms with E-state index in [1.165, 1.54) is 30.6 Å². The van der Waals surface area contributed by atoms with Gasteiger partial charge in [-0.25, -0.2) is 4.79 Å². The van der Waals surface area contributed by atoms with Crippen LogP contribution in [0.25, 0.3) is 0 Å². The summed E-state index contributed by atoms with van der Waals surface area (Å²) in [7, 11) is 0. The fourth-order valence-corrected chi connectivity index (χ4v) is 3.02. The fraction of sp³-hybridized carbons (Fsp3) is 0.643. The molecule has 2 rings (SSSR count). The molecule has 19 heavy (non-hydrogen) atoms. The van der Waals surface area contributed by atoms with Crippen LogP contribution in [0.15, 0.2) is 16.8 Å². The molecular formula is C14H22N2O2S. The van der Waals surface area contributed by atoms with Crippen molar-refractivity contribution in [1.82, 2.24) is 10.6 Å². The molecule has 3 N–H and O–H groups in total. The highest BCUT2D eigenvalue weighted by Gasteiger charge is 2.27. The zero-order valence-corrected chi connectivity index (χ0v) is 12.3. The third-order valence-corrected chi connectivity index (χ3v) is 4.64. The second-order valence-electron chi connectivity index (χ2n) is 5.59. The summed E-state index contributed by atoms with van der Waals surface area (Å²) in [6.07, 6.45) is 3.67. The van der Waals surface area contributed by atoms with Crippen LogP contribution in [0.4, 0.5) is 4.79 Å². The summed E-state index contributed by atoms with van der Waals surface area (Å²) in [4.78, 5) is 11.8. The minimum absolute atomic E-state index is 0.199. The van der Waals surface area contributed by atoms with Crippen LogP contribution in [0, 0.1) is 5.92 Å². The van der Waals surface area contributed by atoms with Crippen molar-refractivity contribution in [3.05, 3.63) is 22.4 Å². The molecule has 2 unspecified atom stereocenters. The maximum Gasteiger partial charge on any atom is 0.315 e. The molecule has 1 aliphatic rings. The van der Waals surface area contributed by atoms with Gasteiger partial charge in [-0.1, -0.05) is 6.42 Å². The molecule has 1 fully saturated rings. The van der Waals surface area contributed by atoms with Crippen molar-refractivity contribution in [1.29, 1.82) is 0 Å². The Bertz CT molecular complexity index is 413. The molecule has 0 aliphatic heterocycles. The van der Waals surface area contributed by atoms with Crippen LogP contribution in [-0.2, 0) is 5.60 Å². The number of carbonyl (C=O) groups excluding carboxylic acids is 1. The highest BCUT2D eigenvalue weighted by Crippen LogP contribution is 2.29. The van der Waals surface area contributed by atoms with E-state index in [2.05, 4.69) is 10.6 Å². The molecule has 1 heterocycles. The highest BCUT2D eigenvalue weighted by molar-refractivity contribution is 7.08. The molecular weight excluding hydrogens is 260 g/mol. The fourth-order valence-electron chi connectivity index (χ4n) is 2.24. The molecule has 0 radical (unpaired) electrons. The van der Waals surface area contributed by atoms with Crippen molar-refractivity contribution in [3.63, 3.8) is 0 Å². The lowest BCUT2D eigenvalue weighted by Gasteiger charge is -2.32. The van der Waals surface area contributed by atoms with Crippen LogP contribution in [0.1, 0.15) is 38.7 Å². The second-order valence-corrected chi connectivity index (χ2v) is 6.37. The van der Waals surface area contributed by atoms with Gasteiger partial charge in [0.1, 0.15) is 5.60 Å². The number of carbonyl (C=O) groups is 1. The van der Waals surface area contributed by atoms with E-state index in [4.69, 9.17) is 0 Å². The normalized spacial score (nSPS) is 20.2. The lowest BCUT2D eigenvalue weighted by atomic mass is 9.80.